The number of aromatic amines is 1. The third-order valence-corrected chi connectivity index (χ3v) is 6.14. The van der Waals surface area contributed by atoms with Gasteiger partial charge in [0.2, 0.25) is 11.8 Å². The van der Waals surface area contributed by atoms with Crippen molar-refractivity contribution in [1.29, 1.82) is 0 Å². The van der Waals surface area contributed by atoms with Gasteiger partial charge < -0.3 is 26.0 Å². The highest BCUT2D eigenvalue weighted by molar-refractivity contribution is 7.98. The number of carbonyl (C=O) groups excluding carboxylic acids is 2. The van der Waals surface area contributed by atoms with Gasteiger partial charge in [-0.05, 0) is 49.3 Å². The normalized spacial score (nSPS) is 18.3. The molecule has 3 atom stereocenters. The second-order valence-corrected chi connectivity index (χ2v) is 8.53. The Bertz CT molecular complexity index is 915. The molecule has 2 aromatic rings. The molecule has 8 nitrogen and oxygen atoms in total. The van der Waals surface area contributed by atoms with E-state index in [0.29, 0.717) is 38.0 Å². The van der Waals surface area contributed by atoms with Crippen molar-refractivity contribution >= 4 is 40.4 Å². The second-order valence-electron chi connectivity index (χ2n) is 7.54. The molecule has 0 spiro atoms. The molecular formula is C21H28N4O4S. The van der Waals surface area contributed by atoms with Crippen LogP contribution in [0.15, 0.2) is 30.5 Å². The van der Waals surface area contributed by atoms with E-state index < -0.39 is 30.0 Å². The van der Waals surface area contributed by atoms with Crippen LogP contribution in [-0.4, -0.2) is 69.5 Å². The lowest BCUT2D eigenvalue weighted by Crippen LogP contribution is -2.55. The molecule has 0 aliphatic carbocycles. The molecule has 1 fully saturated rings. The molecule has 162 valence electrons. The molecule has 1 aromatic heterocycles. The fraction of sp³-hybridized carbons (Fsp3) is 0.476. The molecule has 1 aliphatic heterocycles. The van der Waals surface area contributed by atoms with Gasteiger partial charge in [0.1, 0.15) is 12.1 Å². The minimum atomic E-state index is -1.01. The Morgan fingerprint density at radius 3 is 2.87 bits per heavy atom. The van der Waals surface area contributed by atoms with Crippen LogP contribution in [0.25, 0.3) is 10.9 Å². The van der Waals surface area contributed by atoms with Crippen molar-refractivity contribution in [1.82, 2.24) is 15.2 Å². The number of nitrogens with zero attached hydrogens (tertiary/aromatic N) is 1. The maximum absolute atomic E-state index is 13.0. The van der Waals surface area contributed by atoms with E-state index in [-0.39, 0.29) is 5.91 Å². The predicted molar refractivity (Wildman–Crippen MR) is 117 cm³/mol. The fourth-order valence-electron chi connectivity index (χ4n) is 3.89. The number of carboxylic acids is 1. The number of benzene rings is 1. The van der Waals surface area contributed by atoms with Crippen LogP contribution in [0.1, 0.15) is 24.8 Å². The lowest BCUT2D eigenvalue weighted by Gasteiger charge is -2.28. The van der Waals surface area contributed by atoms with E-state index in [9.17, 15) is 19.5 Å². The lowest BCUT2D eigenvalue weighted by molar-refractivity contribution is -0.149. The first-order valence-electron chi connectivity index (χ1n) is 10.1. The monoisotopic (exact) mass is 432 g/mol. The number of hydrogen-bond acceptors (Lipinski definition) is 5. The number of thioether (sulfide) groups is 1. The number of aromatic nitrogens is 1. The van der Waals surface area contributed by atoms with Crippen LogP contribution in [0.4, 0.5) is 0 Å². The number of H-pyrrole nitrogens is 1. The summed E-state index contributed by atoms with van der Waals surface area (Å²) in [5, 5.41) is 13.2. The number of hydrogen-bond donors (Lipinski definition) is 4. The maximum Gasteiger partial charge on any atom is 0.326 e. The third-order valence-electron chi connectivity index (χ3n) is 5.50. The van der Waals surface area contributed by atoms with Crippen LogP contribution in [-0.2, 0) is 20.8 Å². The topological polar surface area (TPSA) is 129 Å². The molecule has 3 unspecified atom stereocenters. The summed E-state index contributed by atoms with van der Waals surface area (Å²) in [5.74, 6) is -1.10. The number of aliphatic carboxylic acids is 1. The first-order chi connectivity index (χ1) is 14.4. The van der Waals surface area contributed by atoms with Gasteiger partial charge in [0, 0.05) is 23.6 Å². The number of nitrogens with two attached hydrogens (primary N) is 1. The lowest BCUT2D eigenvalue weighted by atomic mass is 10.0. The van der Waals surface area contributed by atoms with Gasteiger partial charge in [-0.25, -0.2) is 4.79 Å². The van der Waals surface area contributed by atoms with Crippen LogP contribution >= 0.6 is 11.8 Å². The van der Waals surface area contributed by atoms with Crippen LogP contribution in [0.2, 0.25) is 0 Å². The van der Waals surface area contributed by atoms with Crippen molar-refractivity contribution < 1.29 is 19.5 Å². The zero-order valence-corrected chi connectivity index (χ0v) is 17.8. The van der Waals surface area contributed by atoms with Gasteiger partial charge >= 0.3 is 5.97 Å². The summed E-state index contributed by atoms with van der Waals surface area (Å²) in [5.41, 5.74) is 8.07. The molecule has 2 amide bonds. The minimum Gasteiger partial charge on any atom is -0.480 e. The number of amides is 2. The molecule has 30 heavy (non-hydrogen) atoms. The number of fused-ring (bicyclic) bond motifs is 1. The fourth-order valence-corrected chi connectivity index (χ4v) is 4.36. The quantitative estimate of drug-likeness (QED) is 0.473. The zero-order chi connectivity index (χ0) is 21.7. The Labute approximate surface area is 179 Å². The molecule has 1 aromatic carbocycles. The summed E-state index contributed by atoms with van der Waals surface area (Å²) in [6.07, 6.45) is 5.60. The van der Waals surface area contributed by atoms with E-state index in [2.05, 4.69) is 10.3 Å². The predicted octanol–water partition coefficient (Wildman–Crippen LogP) is 1.35. The van der Waals surface area contributed by atoms with E-state index >= 15 is 0 Å². The summed E-state index contributed by atoms with van der Waals surface area (Å²) in [7, 11) is 0. The van der Waals surface area contributed by atoms with E-state index in [1.54, 1.807) is 11.8 Å². The summed E-state index contributed by atoms with van der Waals surface area (Å²) in [4.78, 5) is 41.8. The second kappa shape index (κ2) is 9.99. The molecule has 1 aliphatic rings. The maximum atomic E-state index is 13.0. The number of carboxylic acid groups (broad SMARTS) is 1. The van der Waals surface area contributed by atoms with Gasteiger partial charge in [-0.15, -0.1) is 0 Å². The largest absolute Gasteiger partial charge is 0.480 e. The van der Waals surface area contributed by atoms with Crippen molar-refractivity contribution in [2.45, 2.75) is 43.8 Å². The average Bonchev–Trinajstić information content (AvgIpc) is 3.38. The molecule has 0 bridgehead atoms. The highest BCUT2D eigenvalue weighted by atomic mass is 32.2. The van der Waals surface area contributed by atoms with Crippen molar-refractivity contribution in [2.24, 2.45) is 5.73 Å². The summed E-state index contributed by atoms with van der Waals surface area (Å²) in [6.45, 7) is 0.392. The first kappa shape index (κ1) is 22.2. The highest BCUT2D eigenvalue weighted by Crippen LogP contribution is 2.21. The molecule has 5 N–H and O–H groups in total. The Morgan fingerprint density at radius 2 is 2.13 bits per heavy atom. The van der Waals surface area contributed by atoms with Gasteiger partial charge in [0.15, 0.2) is 0 Å². The Balaban J connectivity index is 1.68. The standard InChI is InChI=1S/C21H28N4O4S/c1-30-10-8-17(20(27)25-9-4-7-18(25)21(28)29)24-19(26)15(22)11-13-12-23-16-6-3-2-5-14(13)16/h2-3,5-6,12,15,17-18,23H,4,7-11,22H2,1H3,(H,24,26)(H,28,29). The van der Waals surface area contributed by atoms with Gasteiger partial charge in [-0.3, -0.25) is 9.59 Å². The Hall–Kier alpha value is -2.52. The minimum absolute atomic E-state index is 0.334. The van der Waals surface area contributed by atoms with Crippen molar-refractivity contribution in [2.75, 3.05) is 18.6 Å². The van der Waals surface area contributed by atoms with E-state index in [4.69, 9.17) is 5.73 Å². The van der Waals surface area contributed by atoms with Crippen molar-refractivity contribution in [3.05, 3.63) is 36.0 Å². The highest BCUT2D eigenvalue weighted by Gasteiger charge is 2.37. The molecule has 3 rings (SSSR count). The van der Waals surface area contributed by atoms with Crippen LogP contribution in [0.3, 0.4) is 0 Å². The van der Waals surface area contributed by atoms with Crippen LogP contribution < -0.4 is 11.1 Å². The molecule has 0 saturated carbocycles. The van der Waals surface area contributed by atoms with E-state index in [1.807, 2.05) is 36.7 Å². The number of rotatable bonds is 9. The first-order valence-corrected chi connectivity index (χ1v) is 11.4. The van der Waals surface area contributed by atoms with E-state index in [0.717, 1.165) is 16.5 Å². The molecule has 0 radical (unpaired) electrons. The Kier molecular flexibility index (Phi) is 7.38. The molecule has 9 heteroatoms. The number of nitrogens with one attached hydrogen (secondary N) is 2. The third kappa shape index (κ3) is 4.96. The average molecular weight is 433 g/mol. The van der Waals surface area contributed by atoms with Crippen LogP contribution in [0.5, 0.6) is 0 Å². The SMILES string of the molecule is CSCCC(NC(=O)C(N)Cc1c[nH]c2ccccc12)C(=O)N1CCCC1C(=O)O. The zero-order valence-electron chi connectivity index (χ0n) is 17.0. The summed E-state index contributed by atoms with van der Waals surface area (Å²) < 4.78 is 0. The summed E-state index contributed by atoms with van der Waals surface area (Å²) >= 11 is 1.56. The van der Waals surface area contributed by atoms with Crippen LogP contribution in [0, 0.1) is 0 Å². The molecule has 2 heterocycles. The van der Waals surface area contributed by atoms with Gasteiger partial charge in [0.25, 0.3) is 0 Å². The number of para-hydroxylation sites is 1. The van der Waals surface area contributed by atoms with Crippen molar-refractivity contribution in [3.8, 4) is 0 Å². The summed E-state index contributed by atoms with van der Waals surface area (Å²) in [6, 6.07) is 5.36. The van der Waals surface area contributed by atoms with Gasteiger partial charge in [-0.1, -0.05) is 18.2 Å². The number of likely N-dealkylation sites (tertiary alicyclic amines) is 1. The van der Waals surface area contributed by atoms with Crippen molar-refractivity contribution in [3.63, 3.8) is 0 Å². The molecule has 1 saturated heterocycles. The van der Waals surface area contributed by atoms with Gasteiger partial charge in [-0.2, -0.15) is 11.8 Å². The Morgan fingerprint density at radius 1 is 1.37 bits per heavy atom. The van der Waals surface area contributed by atoms with Gasteiger partial charge in [0.05, 0.1) is 6.04 Å². The molecular weight excluding hydrogens is 404 g/mol. The smallest absolute Gasteiger partial charge is 0.326 e. The van der Waals surface area contributed by atoms with E-state index in [1.165, 1.54) is 4.90 Å². The number of carbonyl (C=O) groups is 3.